The molecule has 0 unspecified atom stereocenters. The Morgan fingerprint density at radius 2 is 1.94 bits per heavy atom. The Morgan fingerprint density at radius 3 is 2.60 bits per heavy atom. The summed E-state index contributed by atoms with van der Waals surface area (Å²) in [6.45, 7) is 9.21. The molecule has 0 radical (unpaired) electrons. The summed E-state index contributed by atoms with van der Waals surface area (Å²) >= 11 is 6.34. The third-order valence-corrected chi connectivity index (χ3v) is 6.50. The van der Waals surface area contributed by atoms with Gasteiger partial charge in [0.1, 0.15) is 6.07 Å². The van der Waals surface area contributed by atoms with Gasteiger partial charge in [0.15, 0.2) is 5.78 Å². The van der Waals surface area contributed by atoms with Crippen molar-refractivity contribution in [1.29, 1.82) is 5.26 Å². The number of Topliss-reactive ketones (excluding diaryl/α,β-unsaturated/α-hetero) is 1. The van der Waals surface area contributed by atoms with Crippen molar-refractivity contribution in [3.05, 3.63) is 102 Å². The van der Waals surface area contributed by atoms with Crippen LogP contribution in [0.25, 0.3) is 0 Å². The predicted molar refractivity (Wildman–Crippen MR) is 141 cm³/mol. The van der Waals surface area contributed by atoms with E-state index in [4.69, 9.17) is 11.6 Å². The molecule has 5 nitrogen and oxygen atoms in total. The lowest BCUT2D eigenvalue weighted by Gasteiger charge is -2.32. The monoisotopic (exact) mass is 487 g/mol. The first-order valence-corrected chi connectivity index (χ1v) is 12.1. The highest BCUT2D eigenvalue weighted by Gasteiger charge is 2.31. The van der Waals surface area contributed by atoms with Gasteiger partial charge in [0.05, 0.1) is 10.6 Å². The fraction of sp³-hybridized carbons (Fsp3) is 0.276. The van der Waals surface area contributed by atoms with Gasteiger partial charge in [0.2, 0.25) is 5.91 Å². The van der Waals surface area contributed by atoms with Crippen molar-refractivity contribution >= 4 is 29.0 Å². The van der Waals surface area contributed by atoms with Gasteiger partial charge in [-0.15, -0.1) is 0 Å². The van der Waals surface area contributed by atoms with E-state index in [0.29, 0.717) is 55.1 Å². The SMILES string of the molecule is C=C/C=C(\C=C)C(=O)CCCC(=O)N1CC[C@H](N(Cc2ccccc2)c2ccc(C#N)c(Cl)c2)C1. The van der Waals surface area contributed by atoms with E-state index in [0.717, 1.165) is 17.7 Å². The third kappa shape index (κ3) is 6.94. The van der Waals surface area contributed by atoms with Crippen LogP contribution in [0, 0.1) is 11.3 Å². The van der Waals surface area contributed by atoms with Crippen LogP contribution in [0.2, 0.25) is 5.02 Å². The molecule has 1 fully saturated rings. The third-order valence-electron chi connectivity index (χ3n) is 6.19. The minimum absolute atomic E-state index is 0.0290. The van der Waals surface area contributed by atoms with Gasteiger partial charge in [-0.3, -0.25) is 9.59 Å². The molecule has 2 aromatic carbocycles. The highest BCUT2D eigenvalue weighted by Crippen LogP contribution is 2.29. The number of rotatable bonds is 11. The molecule has 1 aliphatic heterocycles. The summed E-state index contributed by atoms with van der Waals surface area (Å²) in [6.07, 6.45) is 6.69. The van der Waals surface area contributed by atoms with Crippen LogP contribution in [-0.2, 0) is 16.1 Å². The van der Waals surface area contributed by atoms with Gasteiger partial charge >= 0.3 is 0 Å². The Hall–Kier alpha value is -3.62. The molecule has 1 amide bonds. The molecular weight excluding hydrogens is 458 g/mol. The number of halogens is 1. The van der Waals surface area contributed by atoms with Crippen LogP contribution in [0.1, 0.15) is 36.8 Å². The number of carbonyl (C=O) groups excluding carboxylic acids is 2. The molecule has 2 aromatic rings. The maximum atomic E-state index is 12.9. The normalized spacial score (nSPS) is 15.4. The number of amides is 1. The number of nitriles is 1. The van der Waals surface area contributed by atoms with Crippen LogP contribution in [-0.4, -0.2) is 35.7 Å². The number of benzene rings is 2. The van der Waals surface area contributed by atoms with Crippen LogP contribution in [0.4, 0.5) is 5.69 Å². The first kappa shape index (κ1) is 26.0. The van der Waals surface area contributed by atoms with E-state index in [1.807, 2.05) is 35.2 Å². The van der Waals surface area contributed by atoms with Gasteiger partial charge in [-0.2, -0.15) is 5.26 Å². The topological polar surface area (TPSA) is 64.4 Å². The van der Waals surface area contributed by atoms with Crippen LogP contribution in [0.3, 0.4) is 0 Å². The quantitative estimate of drug-likeness (QED) is 0.294. The zero-order chi connectivity index (χ0) is 25.2. The molecule has 1 saturated heterocycles. The molecule has 0 aromatic heterocycles. The summed E-state index contributed by atoms with van der Waals surface area (Å²) < 4.78 is 0. The second-order valence-electron chi connectivity index (χ2n) is 8.51. The number of anilines is 1. The Kier molecular flexibility index (Phi) is 9.46. The van der Waals surface area contributed by atoms with E-state index in [1.54, 1.807) is 18.2 Å². The number of hydrogen-bond donors (Lipinski definition) is 0. The molecule has 6 heteroatoms. The lowest BCUT2D eigenvalue weighted by molar-refractivity contribution is -0.130. The fourth-order valence-electron chi connectivity index (χ4n) is 4.31. The van der Waals surface area contributed by atoms with Gasteiger partial charge in [-0.1, -0.05) is 73.3 Å². The Labute approximate surface area is 212 Å². The maximum Gasteiger partial charge on any atom is 0.222 e. The van der Waals surface area contributed by atoms with Crippen molar-refractivity contribution in [3.63, 3.8) is 0 Å². The molecule has 180 valence electrons. The van der Waals surface area contributed by atoms with Crippen molar-refractivity contribution in [1.82, 2.24) is 4.90 Å². The number of nitrogens with zero attached hydrogens (tertiary/aromatic N) is 3. The fourth-order valence-corrected chi connectivity index (χ4v) is 4.53. The summed E-state index contributed by atoms with van der Waals surface area (Å²) in [5, 5.41) is 9.66. The predicted octanol–water partition coefficient (Wildman–Crippen LogP) is 5.86. The number of ketones is 1. The summed E-state index contributed by atoms with van der Waals surface area (Å²) in [7, 11) is 0. The highest BCUT2D eigenvalue weighted by molar-refractivity contribution is 6.32. The van der Waals surface area contributed by atoms with Crippen molar-refractivity contribution in [3.8, 4) is 6.07 Å². The van der Waals surface area contributed by atoms with Crippen molar-refractivity contribution in [2.75, 3.05) is 18.0 Å². The van der Waals surface area contributed by atoms with E-state index in [-0.39, 0.29) is 17.7 Å². The summed E-state index contributed by atoms with van der Waals surface area (Å²) in [5.74, 6) is 0.0319. The number of carbonyl (C=O) groups is 2. The molecule has 35 heavy (non-hydrogen) atoms. The van der Waals surface area contributed by atoms with Crippen molar-refractivity contribution in [2.45, 2.75) is 38.3 Å². The Bertz CT molecular complexity index is 1150. The van der Waals surface area contributed by atoms with Gasteiger partial charge < -0.3 is 9.80 Å². The smallest absolute Gasteiger partial charge is 0.222 e. The highest BCUT2D eigenvalue weighted by atomic mass is 35.5. The average molecular weight is 488 g/mol. The van der Waals surface area contributed by atoms with Gasteiger partial charge in [0.25, 0.3) is 0 Å². The minimum atomic E-state index is -0.0290. The number of likely N-dealkylation sites (tertiary alicyclic amines) is 1. The zero-order valence-corrected chi connectivity index (χ0v) is 20.6. The molecule has 1 aliphatic rings. The largest absolute Gasteiger partial charge is 0.362 e. The van der Waals surface area contributed by atoms with Crippen molar-refractivity contribution < 1.29 is 9.59 Å². The minimum Gasteiger partial charge on any atom is -0.362 e. The van der Waals surface area contributed by atoms with Crippen LogP contribution in [0.15, 0.2) is 85.5 Å². The first-order chi connectivity index (χ1) is 17.0. The van der Waals surface area contributed by atoms with E-state index in [9.17, 15) is 14.9 Å². The molecule has 0 N–H and O–H groups in total. The summed E-state index contributed by atoms with van der Waals surface area (Å²) in [6, 6.07) is 17.9. The molecule has 3 rings (SSSR count). The number of allylic oxidation sites excluding steroid dienone is 4. The van der Waals surface area contributed by atoms with Crippen LogP contribution in [0.5, 0.6) is 0 Å². The lowest BCUT2D eigenvalue weighted by atomic mass is 10.0. The van der Waals surface area contributed by atoms with E-state index in [2.05, 4.69) is 36.3 Å². The first-order valence-electron chi connectivity index (χ1n) is 11.7. The van der Waals surface area contributed by atoms with Gasteiger partial charge in [0, 0.05) is 49.8 Å². The Morgan fingerprint density at radius 1 is 1.17 bits per heavy atom. The summed E-state index contributed by atoms with van der Waals surface area (Å²) in [5.41, 5.74) is 3.04. The Balaban J connectivity index is 1.66. The molecule has 1 atom stereocenters. The molecular formula is C29H30ClN3O2. The molecule has 0 spiro atoms. The van der Waals surface area contributed by atoms with Crippen LogP contribution >= 0.6 is 11.6 Å². The van der Waals surface area contributed by atoms with Gasteiger partial charge in [-0.05, 0) is 36.6 Å². The second kappa shape index (κ2) is 12.7. The van der Waals surface area contributed by atoms with Crippen LogP contribution < -0.4 is 4.90 Å². The maximum absolute atomic E-state index is 12.9. The van der Waals surface area contributed by atoms with Crippen molar-refractivity contribution in [2.24, 2.45) is 0 Å². The van der Waals surface area contributed by atoms with E-state index < -0.39 is 0 Å². The molecule has 1 heterocycles. The second-order valence-corrected chi connectivity index (χ2v) is 8.92. The van der Waals surface area contributed by atoms with E-state index in [1.165, 1.54) is 6.08 Å². The standard InChI is InChI=1S/C29H30ClN3O2/c1-3-9-23(4-2)28(34)12-8-13-29(35)32-17-16-26(21-32)33(20-22-10-6-5-7-11-22)25-15-14-24(19-31)27(30)18-25/h3-7,9-11,14-15,18,26H,1-2,8,12-13,16-17,20-21H2/b23-9+/t26-/m0/s1. The lowest BCUT2D eigenvalue weighted by Crippen LogP contribution is -2.38. The average Bonchev–Trinajstić information content (AvgIpc) is 3.36. The number of hydrogen-bond acceptors (Lipinski definition) is 4. The molecule has 0 aliphatic carbocycles. The zero-order valence-electron chi connectivity index (χ0n) is 19.8. The summed E-state index contributed by atoms with van der Waals surface area (Å²) in [4.78, 5) is 29.3. The van der Waals surface area contributed by atoms with Gasteiger partial charge in [-0.25, -0.2) is 0 Å². The van der Waals surface area contributed by atoms with E-state index >= 15 is 0 Å². The molecule has 0 bridgehead atoms. The molecule has 0 saturated carbocycles.